The second-order valence-corrected chi connectivity index (χ2v) is 21.7. The third-order valence-electron chi connectivity index (χ3n) is 11.7. The number of pyridine rings is 2. The van der Waals surface area contributed by atoms with Crippen molar-refractivity contribution >= 4 is 87.4 Å². The molecule has 16 heteroatoms. The first-order valence-electron chi connectivity index (χ1n) is 19.2. The molecule has 5 atom stereocenters. The number of benzene rings is 1. The fourth-order valence-corrected chi connectivity index (χ4v) is 15.1. The fraction of sp³-hybridized carbons (Fsp3) is 0.286. The summed E-state index contributed by atoms with van der Waals surface area (Å²) in [5.41, 5.74) is 20.6. The predicted molar refractivity (Wildman–Crippen MR) is 238 cm³/mol. The molecule has 1 aromatic carbocycles. The average molecular weight is 862 g/mol. The van der Waals surface area contributed by atoms with E-state index >= 15 is 0 Å². The van der Waals surface area contributed by atoms with Crippen molar-refractivity contribution in [3.8, 4) is 44.6 Å². The second kappa shape index (κ2) is 14.5. The van der Waals surface area contributed by atoms with Crippen LogP contribution in [0.25, 0.3) is 65.0 Å². The van der Waals surface area contributed by atoms with E-state index in [1.54, 1.807) is 6.20 Å². The van der Waals surface area contributed by atoms with E-state index in [-0.39, 0.29) is 10.7 Å². The Hall–Kier alpha value is -4.74. The number of thiophene rings is 2. The number of anilines is 2. The summed E-state index contributed by atoms with van der Waals surface area (Å²) in [6.07, 6.45) is 9.94. The molecule has 7 aromatic heterocycles. The van der Waals surface area contributed by atoms with Crippen LogP contribution in [0.1, 0.15) is 50.5 Å². The topological polar surface area (TPSA) is 168 Å². The first-order valence-corrected chi connectivity index (χ1v) is 24.2. The molecule has 5 unspecified atom stereocenters. The summed E-state index contributed by atoms with van der Waals surface area (Å²) in [5, 5.41) is 4.25. The van der Waals surface area contributed by atoms with Gasteiger partial charge >= 0.3 is 0 Å². The number of nitrogen functional groups attached to an aromatic ring is 2. The number of nitrogens with zero attached hydrogens (tertiary/aromatic N) is 7. The number of hydrogen-bond donors (Lipinski definition) is 2. The minimum absolute atomic E-state index is 0.0584. The smallest absolute Gasteiger partial charge is 0.162 e. The van der Waals surface area contributed by atoms with Gasteiger partial charge in [-0.2, -0.15) is 0 Å². The summed E-state index contributed by atoms with van der Waals surface area (Å²) in [5.74, 6) is 2.39. The Kier molecular flexibility index (Phi) is 9.39. The number of imidazole rings is 1. The Morgan fingerprint density at radius 3 is 2.41 bits per heavy atom. The lowest BCUT2D eigenvalue weighted by Crippen LogP contribution is -2.17. The molecule has 4 N–H and O–H groups in total. The molecule has 8 aromatic rings. The number of unbranched alkanes of at least 4 members (excludes halogenated alkanes) is 1. The zero-order valence-electron chi connectivity index (χ0n) is 32.0. The Labute approximate surface area is 352 Å². The molecule has 294 valence electrons. The molecule has 58 heavy (non-hydrogen) atoms. The number of aryl methyl sites for hydroxylation is 1. The van der Waals surface area contributed by atoms with Gasteiger partial charge in [-0.15, -0.1) is 34.0 Å². The first-order chi connectivity index (χ1) is 28.1. The standard InChI is InChI=1S/C42H39N9O2S5/c1-4-5-15-57(52)40-34(44)32-35(23-9-7-6-8-10-23)49-36(50-39(32)55-40)24-11-12-30(47-20-24)42-18-25(42)16-26(19-42)58(53)41-33(43)31-27(29-21-46-22(2)51(29)3)17-28(48-38(31)56-41)37-45-13-14-54-37/h6-14,17,20-21,25-26H,4-5,15-16,18-19,43-44H2,1-3H3. The molecule has 11 nitrogen and oxygen atoms in total. The minimum atomic E-state index is -1.34. The maximum Gasteiger partial charge on any atom is 0.162 e. The van der Waals surface area contributed by atoms with Crippen LogP contribution < -0.4 is 11.5 Å². The van der Waals surface area contributed by atoms with E-state index in [0.29, 0.717) is 42.1 Å². The lowest BCUT2D eigenvalue weighted by molar-refractivity contribution is 0.623. The molecule has 2 aliphatic carbocycles. The zero-order valence-corrected chi connectivity index (χ0v) is 36.1. The Bertz CT molecular complexity index is 2920. The maximum absolute atomic E-state index is 14.5. The van der Waals surface area contributed by atoms with E-state index < -0.39 is 21.6 Å². The Balaban J connectivity index is 0.953. The second-order valence-electron chi connectivity index (χ2n) is 15.1. The van der Waals surface area contributed by atoms with Crippen molar-refractivity contribution in [2.45, 2.75) is 65.0 Å². The van der Waals surface area contributed by atoms with Crippen molar-refractivity contribution < 1.29 is 8.42 Å². The van der Waals surface area contributed by atoms with E-state index in [1.165, 1.54) is 34.0 Å². The van der Waals surface area contributed by atoms with Gasteiger partial charge in [0.25, 0.3) is 0 Å². The van der Waals surface area contributed by atoms with Crippen LogP contribution in [0, 0.1) is 12.8 Å². The number of aromatic nitrogens is 7. The summed E-state index contributed by atoms with van der Waals surface area (Å²) in [7, 11) is -0.559. The first kappa shape index (κ1) is 37.5. The summed E-state index contributed by atoms with van der Waals surface area (Å²) in [6.45, 7) is 4.06. The monoisotopic (exact) mass is 861 g/mol. The minimum Gasteiger partial charge on any atom is -0.396 e. The van der Waals surface area contributed by atoms with Crippen LogP contribution in [0.3, 0.4) is 0 Å². The van der Waals surface area contributed by atoms with Crippen molar-refractivity contribution in [3.63, 3.8) is 0 Å². The van der Waals surface area contributed by atoms with Gasteiger partial charge in [0, 0.05) is 69.0 Å². The summed E-state index contributed by atoms with van der Waals surface area (Å²) in [4.78, 5) is 30.6. The highest BCUT2D eigenvalue weighted by atomic mass is 32.2. The normalized spacial score (nSPS) is 19.8. The van der Waals surface area contributed by atoms with E-state index in [9.17, 15) is 8.42 Å². The van der Waals surface area contributed by atoms with Gasteiger partial charge in [-0.1, -0.05) is 43.7 Å². The number of thiazole rings is 1. The lowest BCUT2D eigenvalue weighted by Gasteiger charge is -2.16. The maximum atomic E-state index is 14.5. The highest BCUT2D eigenvalue weighted by Gasteiger charge is 2.63. The van der Waals surface area contributed by atoms with Gasteiger partial charge in [-0.25, -0.2) is 24.9 Å². The number of rotatable bonds is 11. The molecule has 2 fully saturated rings. The average Bonchev–Trinajstić information content (AvgIpc) is 3.86. The molecule has 2 saturated carbocycles. The molecule has 0 radical (unpaired) electrons. The van der Waals surface area contributed by atoms with Crippen LogP contribution in [0.2, 0.25) is 0 Å². The summed E-state index contributed by atoms with van der Waals surface area (Å²) < 4.78 is 31.2. The van der Waals surface area contributed by atoms with Crippen molar-refractivity contribution in [2.24, 2.45) is 13.0 Å². The van der Waals surface area contributed by atoms with Gasteiger partial charge in [0.1, 0.15) is 34.6 Å². The molecular weight excluding hydrogens is 823 g/mol. The van der Waals surface area contributed by atoms with E-state index in [1.807, 2.05) is 78.8 Å². The van der Waals surface area contributed by atoms with Crippen molar-refractivity contribution in [1.29, 1.82) is 0 Å². The van der Waals surface area contributed by atoms with Crippen molar-refractivity contribution in [1.82, 2.24) is 34.5 Å². The molecule has 0 aliphatic heterocycles. The van der Waals surface area contributed by atoms with Crippen LogP contribution >= 0.6 is 34.0 Å². The third kappa shape index (κ3) is 6.14. The van der Waals surface area contributed by atoms with Gasteiger partial charge < -0.3 is 16.0 Å². The van der Waals surface area contributed by atoms with E-state index in [0.717, 1.165) is 98.0 Å². The molecule has 0 bridgehead atoms. The lowest BCUT2D eigenvalue weighted by atomic mass is 9.98. The van der Waals surface area contributed by atoms with Gasteiger partial charge in [-0.05, 0) is 56.7 Å². The van der Waals surface area contributed by atoms with Gasteiger partial charge in [-0.3, -0.25) is 13.4 Å². The largest absolute Gasteiger partial charge is 0.396 e. The van der Waals surface area contributed by atoms with E-state index in [4.69, 9.17) is 31.4 Å². The SMILES string of the molecule is CCCCS(=O)c1sc2nc(-c3ccc(C45CC(S(=O)c6sc7nc(-c8nccs8)cc(-c8cnc(C)n8C)c7c6N)CC4C5)nc3)nc(-c3ccccc3)c2c1N. The predicted octanol–water partition coefficient (Wildman–Crippen LogP) is 9.16. The molecule has 0 spiro atoms. The zero-order chi connectivity index (χ0) is 39.9. The quantitative estimate of drug-likeness (QED) is 0.128. The van der Waals surface area contributed by atoms with Crippen LogP contribution in [0.15, 0.2) is 80.9 Å². The fourth-order valence-electron chi connectivity index (χ4n) is 8.44. The molecule has 0 saturated heterocycles. The van der Waals surface area contributed by atoms with Crippen LogP contribution in [0.5, 0.6) is 0 Å². The van der Waals surface area contributed by atoms with Crippen molar-refractivity contribution in [2.75, 3.05) is 17.2 Å². The Morgan fingerprint density at radius 1 is 0.897 bits per heavy atom. The third-order valence-corrected chi connectivity index (χ3v) is 18.7. The van der Waals surface area contributed by atoms with E-state index in [2.05, 4.69) is 23.0 Å². The summed E-state index contributed by atoms with van der Waals surface area (Å²) >= 11 is 4.35. The molecule has 0 amide bonds. The van der Waals surface area contributed by atoms with Gasteiger partial charge in [0.15, 0.2) is 5.82 Å². The molecule has 10 rings (SSSR count). The highest BCUT2D eigenvalue weighted by Crippen LogP contribution is 2.65. The molecule has 2 aliphatic rings. The van der Waals surface area contributed by atoms with Crippen LogP contribution in [-0.2, 0) is 34.1 Å². The van der Waals surface area contributed by atoms with Crippen LogP contribution in [-0.4, -0.2) is 53.9 Å². The molecular formula is C42H39N9O2S5. The van der Waals surface area contributed by atoms with Crippen molar-refractivity contribution in [3.05, 3.63) is 84.0 Å². The summed E-state index contributed by atoms with van der Waals surface area (Å²) in [6, 6.07) is 16.1. The van der Waals surface area contributed by atoms with Gasteiger partial charge in [0.2, 0.25) is 0 Å². The number of fused-ring (bicyclic) bond motifs is 3. The highest BCUT2D eigenvalue weighted by molar-refractivity contribution is 7.88. The van der Waals surface area contributed by atoms with Crippen LogP contribution in [0.4, 0.5) is 11.4 Å². The van der Waals surface area contributed by atoms with Gasteiger partial charge in [0.05, 0.1) is 55.9 Å². The number of hydrogen-bond acceptors (Lipinski definition) is 13. The number of nitrogens with two attached hydrogens (primary N) is 2. The Morgan fingerprint density at radius 2 is 1.69 bits per heavy atom. The molecule has 7 heterocycles.